The minimum atomic E-state index is -1.80. The predicted molar refractivity (Wildman–Crippen MR) is 106 cm³/mol. The van der Waals surface area contributed by atoms with Crippen molar-refractivity contribution in [3.8, 4) is 0 Å². The molecule has 1 spiro atoms. The predicted octanol–water partition coefficient (Wildman–Crippen LogP) is 3.23. The number of nitrogens with zero attached hydrogens (tertiary/aromatic N) is 2. The summed E-state index contributed by atoms with van der Waals surface area (Å²) >= 11 is 0. The van der Waals surface area contributed by atoms with Gasteiger partial charge in [-0.2, -0.15) is 0 Å². The molecule has 1 aliphatic heterocycles. The number of amides is 4. The molecule has 1 saturated heterocycles. The number of hydrogen-bond donors (Lipinski definition) is 0. The molecule has 4 rings (SSSR count). The maximum atomic E-state index is 13.7. The number of carbonyl (C=O) groups is 4. The van der Waals surface area contributed by atoms with E-state index in [2.05, 4.69) is 0 Å². The quantitative estimate of drug-likeness (QED) is 0.691. The van der Waals surface area contributed by atoms with Gasteiger partial charge in [0.2, 0.25) is 11.8 Å². The van der Waals surface area contributed by atoms with E-state index in [0.29, 0.717) is 11.1 Å². The number of benzene rings is 2. The molecular formula is C23H20F2N2O4. The zero-order valence-corrected chi connectivity index (χ0v) is 17.0. The van der Waals surface area contributed by atoms with Gasteiger partial charge in [-0.25, -0.2) is 13.6 Å². The summed E-state index contributed by atoms with van der Waals surface area (Å²) in [6.07, 6.45) is -0.229. The standard InChI is InChI=1S/C23H20F2N2O4/c1-26-20(29)23(21(30)27(2)22(26)31)18(13-3-7-15(24)8-4-13)11-17(28)12-19(23)14-5-9-16(25)10-6-14/h3-10,18-19H,11-12H2,1-2H3/t18-,19+. The van der Waals surface area contributed by atoms with Gasteiger partial charge in [-0.1, -0.05) is 24.3 Å². The van der Waals surface area contributed by atoms with E-state index in [4.69, 9.17) is 0 Å². The SMILES string of the molecule is CN1C(=O)N(C)C(=O)C2(C1=O)[C@@H](c1ccc(F)cc1)CC(=O)C[C@H]2c1ccc(F)cc1. The van der Waals surface area contributed by atoms with Crippen LogP contribution in [0.25, 0.3) is 0 Å². The van der Waals surface area contributed by atoms with E-state index in [9.17, 15) is 28.0 Å². The van der Waals surface area contributed by atoms with Gasteiger partial charge in [-0.15, -0.1) is 0 Å². The lowest BCUT2D eigenvalue weighted by molar-refractivity contribution is -0.163. The molecule has 2 atom stereocenters. The Hall–Kier alpha value is -3.42. The third-order valence-corrected chi connectivity index (χ3v) is 6.40. The highest BCUT2D eigenvalue weighted by Gasteiger charge is 2.66. The molecule has 1 aliphatic carbocycles. The second kappa shape index (κ2) is 7.37. The summed E-state index contributed by atoms with van der Waals surface area (Å²) in [6, 6.07) is 9.80. The first-order valence-corrected chi connectivity index (χ1v) is 9.80. The molecule has 0 N–H and O–H groups in total. The van der Waals surface area contributed by atoms with Crippen LogP contribution in [0.4, 0.5) is 13.6 Å². The van der Waals surface area contributed by atoms with Crippen LogP contribution in [-0.2, 0) is 14.4 Å². The third kappa shape index (κ3) is 3.05. The summed E-state index contributed by atoms with van der Waals surface area (Å²) in [7, 11) is 2.57. The minimum absolute atomic E-state index is 0.114. The van der Waals surface area contributed by atoms with Crippen LogP contribution in [0.15, 0.2) is 48.5 Å². The second-order valence-corrected chi connectivity index (χ2v) is 8.04. The average Bonchev–Trinajstić information content (AvgIpc) is 2.76. The summed E-state index contributed by atoms with van der Waals surface area (Å²) < 4.78 is 27.2. The fourth-order valence-electron chi connectivity index (χ4n) is 4.90. The number of hydrogen-bond acceptors (Lipinski definition) is 4. The van der Waals surface area contributed by atoms with Crippen molar-refractivity contribution in [3.05, 3.63) is 71.3 Å². The molecule has 2 aromatic rings. The Morgan fingerprint density at radius 2 is 1.06 bits per heavy atom. The number of carbonyl (C=O) groups excluding carboxylic acids is 4. The van der Waals surface area contributed by atoms with Gasteiger partial charge in [0.15, 0.2) is 0 Å². The highest BCUT2D eigenvalue weighted by atomic mass is 19.1. The molecule has 0 aromatic heterocycles. The maximum Gasteiger partial charge on any atom is 0.332 e. The van der Waals surface area contributed by atoms with Gasteiger partial charge in [-0.3, -0.25) is 24.2 Å². The molecule has 8 heteroatoms. The summed E-state index contributed by atoms with van der Waals surface area (Å²) in [4.78, 5) is 54.3. The zero-order valence-electron chi connectivity index (χ0n) is 17.0. The first kappa shape index (κ1) is 20.8. The van der Waals surface area contributed by atoms with E-state index in [1.54, 1.807) is 0 Å². The van der Waals surface area contributed by atoms with Crippen molar-refractivity contribution in [1.82, 2.24) is 9.80 Å². The normalized spacial score (nSPS) is 23.6. The molecule has 2 aromatic carbocycles. The maximum absolute atomic E-state index is 13.7. The number of barbiturate groups is 1. The van der Waals surface area contributed by atoms with Gasteiger partial charge in [0.25, 0.3) is 0 Å². The van der Waals surface area contributed by atoms with Gasteiger partial charge >= 0.3 is 6.03 Å². The molecule has 4 amide bonds. The molecule has 0 radical (unpaired) electrons. The summed E-state index contributed by atoms with van der Waals surface area (Å²) in [5.74, 6) is -4.46. The lowest BCUT2D eigenvalue weighted by Gasteiger charge is -2.51. The Morgan fingerprint density at radius 3 is 1.42 bits per heavy atom. The fraction of sp³-hybridized carbons (Fsp3) is 0.304. The molecule has 160 valence electrons. The van der Waals surface area contributed by atoms with Gasteiger partial charge < -0.3 is 0 Å². The third-order valence-electron chi connectivity index (χ3n) is 6.40. The Balaban J connectivity index is 1.99. The molecule has 2 aliphatic rings. The van der Waals surface area contributed by atoms with Crippen molar-refractivity contribution < 1.29 is 28.0 Å². The highest BCUT2D eigenvalue weighted by Crippen LogP contribution is 2.57. The lowest BCUT2D eigenvalue weighted by Crippen LogP contribution is -2.68. The average molecular weight is 426 g/mol. The van der Waals surface area contributed by atoms with E-state index in [0.717, 1.165) is 9.80 Å². The van der Waals surface area contributed by atoms with Crippen LogP contribution in [0, 0.1) is 17.0 Å². The number of Topliss-reactive ketones (excluding diaryl/α,β-unsaturated/α-hetero) is 1. The molecule has 1 saturated carbocycles. The van der Waals surface area contributed by atoms with Gasteiger partial charge in [0, 0.05) is 38.8 Å². The van der Waals surface area contributed by atoms with Gasteiger partial charge in [0.05, 0.1) is 0 Å². The number of ketones is 1. The lowest BCUT2D eigenvalue weighted by atomic mass is 9.54. The first-order chi connectivity index (χ1) is 14.7. The van der Waals surface area contributed by atoms with E-state index in [1.807, 2.05) is 0 Å². The van der Waals surface area contributed by atoms with Crippen molar-refractivity contribution in [2.75, 3.05) is 14.1 Å². The largest absolute Gasteiger partial charge is 0.332 e. The summed E-state index contributed by atoms with van der Waals surface area (Å²) in [5, 5.41) is 0. The molecule has 0 bridgehead atoms. The van der Waals surface area contributed by atoms with Crippen LogP contribution in [0.5, 0.6) is 0 Å². The molecule has 31 heavy (non-hydrogen) atoms. The Morgan fingerprint density at radius 1 is 0.710 bits per heavy atom. The van der Waals surface area contributed by atoms with E-state index in [-0.39, 0.29) is 18.6 Å². The Bertz CT molecular complexity index is 998. The monoisotopic (exact) mass is 426 g/mol. The van der Waals surface area contributed by atoms with Crippen molar-refractivity contribution in [2.45, 2.75) is 24.7 Å². The zero-order chi connectivity index (χ0) is 22.5. The van der Waals surface area contributed by atoms with Crippen LogP contribution in [-0.4, -0.2) is 47.5 Å². The highest BCUT2D eigenvalue weighted by molar-refractivity contribution is 6.21. The Labute approximate surface area is 177 Å². The van der Waals surface area contributed by atoms with Crippen LogP contribution in [0.3, 0.4) is 0 Å². The minimum Gasteiger partial charge on any atom is -0.300 e. The molecular weight excluding hydrogens is 406 g/mol. The van der Waals surface area contributed by atoms with Crippen molar-refractivity contribution in [2.24, 2.45) is 5.41 Å². The smallest absolute Gasteiger partial charge is 0.300 e. The number of imide groups is 2. The Kier molecular flexibility index (Phi) is 4.95. The van der Waals surface area contributed by atoms with Crippen LogP contribution in [0.1, 0.15) is 35.8 Å². The molecule has 0 unspecified atom stereocenters. The van der Waals surface area contributed by atoms with Crippen LogP contribution < -0.4 is 0 Å². The number of halogens is 2. The fourth-order valence-corrected chi connectivity index (χ4v) is 4.90. The first-order valence-electron chi connectivity index (χ1n) is 9.80. The number of urea groups is 1. The van der Waals surface area contributed by atoms with Crippen molar-refractivity contribution in [3.63, 3.8) is 0 Å². The van der Waals surface area contributed by atoms with Crippen molar-refractivity contribution in [1.29, 1.82) is 0 Å². The topological polar surface area (TPSA) is 74.8 Å². The number of rotatable bonds is 2. The summed E-state index contributed by atoms with van der Waals surface area (Å²) in [6.45, 7) is 0. The summed E-state index contributed by atoms with van der Waals surface area (Å²) in [5.41, 5.74) is -0.917. The van der Waals surface area contributed by atoms with Crippen molar-refractivity contribution >= 4 is 23.6 Å². The van der Waals surface area contributed by atoms with E-state index in [1.165, 1.54) is 62.6 Å². The van der Waals surface area contributed by atoms with E-state index < -0.39 is 46.7 Å². The van der Waals surface area contributed by atoms with Crippen LogP contribution >= 0.6 is 0 Å². The molecule has 6 nitrogen and oxygen atoms in total. The van der Waals surface area contributed by atoms with E-state index >= 15 is 0 Å². The molecule has 2 fully saturated rings. The molecule has 1 heterocycles. The van der Waals surface area contributed by atoms with Gasteiger partial charge in [-0.05, 0) is 35.4 Å². The van der Waals surface area contributed by atoms with Gasteiger partial charge in [0.1, 0.15) is 22.8 Å². The second-order valence-electron chi connectivity index (χ2n) is 8.04. The van der Waals surface area contributed by atoms with Crippen LogP contribution in [0.2, 0.25) is 0 Å².